The van der Waals surface area contributed by atoms with Gasteiger partial charge in [-0.15, -0.1) is 0 Å². The molecule has 2 N–H and O–H groups in total. The highest BCUT2D eigenvalue weighted by Crippen LogP contribution is 2.19. The van der Waals surface area contributed by atoms with Gasteiger partial charge in [0.05, 0.1) is 5.69 Å². The van der Waals surface area contributed by atoms with Gasteiger partial charge in [0, 0.05) is 6.20 Å². The molecule has 4 nitrogen and oxygen atoms in total. The van der Waals surface area contributed by atoms with Gasteiger partial charge in [-0.2, -0.15) is 0 Å². The molecule has 1 aromatic heterocycles. The summed E-state index contributed by atoms with van der Waals surface area (Å²) in [6.45, 7) is 3.74. The monoisotopic (exact) mass is 200 g/mol. The number of hydrogen-bond acceptors (Lipinski definition) is 3. The van der Waals surface area contributed by atoms with Gasteiger partial charge in [0.2, 0.25) is 10.0 Å². The van der Waals surface area contributed by atoms with Gasteiger partial charge in [0.1, 0.15) is 4.90 Å². The fourth-order valence-electron chi connectivity index (χ4n) is 1.08. The smallest absolute Gasteiger partial charge is 0.239 e. The van der Waals surface area contributed by atoms with E-state index in [4.69, 9.17) is 5.14 Å². The van der Waals surface area contributed by atoms with Crippen molar-refractivity contribution in [1.82, 2.24) is 4.98 Å². The number of rotatable bonds is 2. The Labute approximate surface area is 77.8 Å². The molecule has 0 aliphatic carbocycles. The third-order valence-electron chi connectivity index (χ3n) is 1.65. The van der Waals surface area contributed by atoms with Crippen molar-refractivity contribution in [3.05, 3.63) is 24.0 Å². The van der Waals surface area contributed by atoms with Crippen molar-refractivity contribution in [2.75, 3.05) is 0 Å². The minimum absolute atomic E-state index is 0.0505. The Balaban J connectivity index is 3.37. The van der Waals surface area contributed by atoms with Crippen LogP contribution in [0.5, 0.6) is 0 Å². The van der Waals surface area contributed by atoms with Gasteiger partial charge in [0.25, 0.3) is 0 Å². The maximum Gasteiger partial charge on any atom is 0.239 e. The Bertz CT molecular complexity index is 398. The van der Waals surface area contributed by atoms with E-state index in [2.05, 4.69) is 4.98 Å². The van der Waals surface area contributed by atoms with Gasteiger partial charge in [0.15, 0.2) is 0 Å². The summed E-state index contributed by atoms with van der Waals surface area (Å²) in [5.74, 6) is 0.0505. The highest BCUT2D eigenvalue weighted by Gasteiger charge is 2.16. The van der Waals surface area contributed by atoms with Gasteiger partial charge in [-0.05, 0) is 18.1 Å². The Morgan fingerprint density at radius 1 is 1.46 bits per heavy atom. The Morgan fingerprint density at radius 3 is 2.46 bits per heavy atom. The van der Waals surface area contributed by atoms with Crippen LogP contribution in [0.4, 0.5) is 0 Å². The van der Waals surface area contributed by atoms with E-state index in [1.165, 1.54) is 6.07 Å². The van der Waals surface area contributed by atoms with Crippen LogP contribution < -0.4 is 5.14 Å². The molecule has 1 rings (SSSR count). The van der Waals surface area contributed by atoms with Crippen molar-refractivity contribution in [3.63, 3.8) is 0 Å². The maximum atomic E-state index is 11.1. The predicted molar refractivity (Wildman–Crippen MR) is 49.7 cm³/mol. The SMILES string of the molecule is CC(C)c1ncccc1S(N)(=O)=O. The van der Waals surface area contributed by atoms with E-state index in [0.29, 0.717) is 5.69 Å². The zero-order chi connectivity index (χ0) is 10.1. The van der Waals surface area contributed by atoms with Crippen LogP contribution in [0.15, 0.2) is 23.2 Å². The first kappa shape index (κ1) is 10.1. The molecule has 5 heteroatoms. The molecule has 0 saturated carbocycles. The first-order valence-corrected chi connectivity index (χ1v) is 5.45. The molecule has 0 aromatic carbocycles. The average Bonchev–Trinajstić information content (AvgIpc) is 2.03. The van der Waals surface area contributed by atoms with E-state index < -0.39 is 10.0 Å². The van der Waals surface area contributed by atoms with Crippen molar-refractivity contribution in [3.8, 4) is 0 Å². The van der Waals surface area contributed by atoms with Crippen LogP contribution in [0.25, 0.3) is 0 Å². The lowest BCUT2D eigenvalue weighted by Gasteiger charge is -2.08. The zero-order valence-corrected chi connectivity index (χ0v) is 8.38. The van der Waals surface area contributed by atoms with Crippen molar-refractivity contribution < 1.29 is 8.42 Å². The number of sulfonamides is 1. The second-order valence-electron chi connectivity index (χ2n) is 3.09. The lowest BCUT2D eigenvalue weighted by molar-refractivity contribution is 0.594. The summed E-state index contributed by atoms with van der Waals surface area (Å²) in [5.41, 5.74) is 0.519. The molecular weight excluding hydrogens is 188 g/mol. The third kappa shape index (κ3) is 2.26. The molecule has 0 saturated heterocycles. The second-order valence-corrected chi connectivity index (χ2v) is 4.62. The average molecular weight is 200 g/mol. The fourth-order valence-corrected chi connectivity index (χ4v) is 1.93. The topological polar surface area (TPSA) is 73.0 Å². The lowest BCUT2D eigenvalue weighted by atomic mass is 10.1. The quantitative estimate of drug-likeness (QED) is 0.769. The predicted octanol–water partition coefficient (Wildman–Crippen LogP) is 0.852. The molecule has 72 valence electrons. The largest absolute Gasteiger partial charge is 0.260 e. The van der Waals surface area contributed by atoms with E-state index in [9.17, 15) is 8.42 Å². The van der Waals surface area contributed by atoms with Gasteiger partial charge < -0.3 is 0 Å². The van der Waals surface area contributed by atoms with Gasteiger partial charge in [-0.25, -0.2) is 13.6 Å². The molecule has 0 bridgehead atoms. The molecule has 0 aliphatic heterocycles. The molecule has 0 fully saturated rings. The maximum absolute atomic E-state index is 11.1. The Hall–Kier alpha value is -0.940. The summed E-state index contributed by atoms with van der Waals surface area (Å²) in [6, 6.07) is 3.03. The van der Waals surface area contributed by atoms with Crippen LogP contribution in [-0.4, -0.2) is 13.4 Å². The third-order valence-corrected chi connectivity index (χ3v) is 2.61. The fraction of sp³-hybridized carbons (Fsp3) is 0.375. The number of aromatic nitrogens is 1. The van der Waals surface area contributed by atoms with Gasteiger partial charge in [-0.1, -0.05) is 13.8 Å². The summed E-state index contributed by atoms with van der Waals surface area (Å²) in [6.07, 6.45) is 1.56. The first-order chi connectivity index (χ1) is 5.93. The molecule has 0 spiro atoms. The second kappa shape index (κ2) is 3.43. The molecule has 1 aromatic rings. The summed E-state index contributed by atoms with van der Waals surface area (Å²) in [4.78, 5) is 4.10. The summed E-state index contributed by atoms with van der Waals surface area (Å²) >= 11 is 0. The molecule has 0 radical (unpaired) electrons. The zero-order valence-electron chi connectivity index (χ0n) is 7.56. The lowest BCUT2D eigenvalue weighted by Crippen LogP contribution is -2.15. The number of pyridine rings is 1. The number of nitrogens with two attached hydrogens (primary N) is 1. The number of nitrogens with zero attached hydrogens (tertiary/aromatic N) is 1. The van der Waals surface area contributed by atoms with Crippen molar-refractivity contribution in [1.29, 1.82) is 0 Å². The Morgan fingerprint density at radius 2 is 2.08 bits per heavy atom. The van der Waals surface area contributed by atoms with Crippen LogP contribution >= 0.6 is 0 Å². The normalized spacial score (nSPS) is 12.0. The van der Waals surface area contributed by atoms with Gasteiger partial charge in [-0.3, -0.25) is 4.98 Å². The molecule has 0 amide bonds. The van der Waals surface area contributed by atoms with E-state index in [1.807, 2.05) is 13.8 Å². The highest BCUT2D eigenvalue weighted by molar-refractivity contribution is 7.89. The van der Waals surface area contributed by atoms with Crippen LogP contribution in [0.3, 0.4) is 0 Å². The highest BCUT2D eigenvalue weighted by atomic mass is 32.2. The van der Waals surface area contributed by atoms with Crippen LogP contribution in [-0.2, 0) is 10.0 Å². The van der Waals surface area contributed by atoms with E-state index >= 15 is 0 Å². The minimum atomic E-state index is -3.64. The van der Waals surface area contributed by atoms with Crippen LogP contribution in [0, 0.1) is 0 Å². The van der Waals surface area contributed by atoms with Crippen LogP contribution in [0.2, 0.25) is 0 Å². The summed E-state index contributed by atoms with van der Waals surface area (Å²) in [7, 11) is -3.64. The minimum Gasteiger partial charge on any atom is -0.260 e. The standard InChI is InChI=1S/C8H12N2O2S/c1-6(2)8-7(13(9,11)12)4-3-5-10-8/h3-6H,1-2H3,(H2,9,11,12). The van der Waals surface area contributed by atoms with Crippen molar-refractivity contribution in [2.45, 2.75) is 24.7 Å². The molecule has 0 unspecified atom stereocenters. The molecule has 1 heterocycles. The summed E-state index contributed by atoms with van der Waals surface area (Å²) in [5, 5.41) is 5.03. The van der Waals surface area contributed by atoms with Crippen LogP contribution in [0.1, 0.15) is 25.5 Å². The molecule has 0 aliphatic rings. The Kier molecular flexibility index (Phi) is 2.68. The van der Waals surface area contributed by atoms with Crippen molar-refractivity contribution >= 4 is 10.0 Å². The van der Waals surface area contributed by atoms with Crippen molar-refractivity contribution in [2.24, 2.45) is 5.14 Å². The van der Waals surface area contributed by atoms with E-state index in [1.54, 1.807) is 12.3 Å². The molecule has 0 atom stereocenters. The van der Waals surface area contributed by atoms with E-state index in [-0.39, 0.29) is 10.8 Å². The number of hydrogen-bond donors (Lipinski definition) is 1. The molecule has 13 heavy (non-hydrogen) atoms. The number of primary sulfonamides is 1. The molecular formula is C8H12N2O2S. The van der Waals surface area contributed by atoms with Gasteiger partial charge >= 0.3 is 0 Å². The van der Waals surface area contributed by atoms with E-state index in [0.717, 1.165) is 0 Å². The summed E-state index contributed by atoms with van der Waals surface area (Å²) < 4.78 is 22.2. The first-order valence-electron chi connectivity index (χ1n) is 3.90.